The number of carbonyl (C=O) groups excluding carboxylic acids is 1. The summed E-state index contributed by atoms with van der Waals surface area (Å²) in [7, 11) is 3.02. The van der Waals surface area contributed by atoms with Gasteiger partial charge in [-0.05, 0) is 24.3 Å². The fourth-order valence-electron chi connectivity index (χ4n) is 2.89. The molecule has 0 aliphatic rings. The van der Waals surface area contributed by atoms with E-state index >= 15 is 0 Å². The average Bonchev–Trinajstić information content (AvgIpc) is 3.13. The maximum atomic E-state index is 12.3. The molecule has 0 saturated carbocycles. The predicted octanol–water partition coefficient (Wildman–Crippen LogP) is 3.70. The van der Waals surface area contributed by atoms with Crippen LogP contribution in [0.3, 0.4) is 0 Å². The van der Waals surface area contributed by atoms with Crippen LogP contribution in [0.15, 0.2) is 42.7 Å². The smallest absolute Gasteiger partial charge is 0.249 e. The number of rotatable bonds is 6. The van der Waals surface area contributed by atoms with Gasteiger partial charge in [0, 0.05) is 42.9 Å². The van der Waals surface area contributed by atoms with Gasteiger partial charge in [0.1, 0.15) is 11.6 Å². The molecular formula is C20H21ClN4O3. The highest BCUT2D eigenvalue weighted by atomic mass is 35.5. The largest absolute Gasteiger partial charge is 0.506 e. The Balaban J connectivity index is 2.01. The van der Waals surface area contributed by atoms with Crippen LogP contribution in [-0.4, -0.2) is 45.2 Å². The Labute approximate surface area is 167 Å². The number of nitrogens with zero attached hydrogens (tertiary/aromatic N) is 3. The summed E-state index contributed by atoms with van der Waals surface area (Å²) in [6.45, 7) is 1.82. The number of aromatic nitrogens is 3. The number of aromatic amines is 1. The number of benzene rings is 1. The lowest BCUT2D eigenvalue weighted by Crippen LogP contribution is -2.31. The number of halogens is 1. The third-order valence-corrected chi connectivity index (χ3v) is 4.77. The van der Waals surface area contributed by atoms with E-state index in [9.17, 15) is 9.90 Å². The maximum absolute atomic E-state index is 12.3. The van der Waals surface area contributed by atoms with Gasteiger partial charge in [0.15, 0.2) is 0 Å². The lowest BCUT2D eigenvalue weighted by molar-refractivity contribution is -0.172. The summed E-state index contributed by atoms with van der Waals surface area (Å²) in [5.74, 6) is 0.166. The van der Waals surface area contributed by atoms with Gasteiger partial charge in [0.05, 0.1) is 23.5 Å². The third-order valence-electron chi connectivity index (χ3n) is 4.45. The van der Waals surface area contributed by atoms with Crippen LogP contribution in [0.1, 0.15) is 12.7 Å². The van der Waals surface area contributed by atoms with Gasteiger partial charge in [0.2, 0.25) is 5.91 Å². The number of hydrogen-bond donors (Lipinski definition) is 2. The molecule has 0 spiro atoms. The molecule has 3 aromatic rings. The molecule has 7 nitrogen and oxygen atoms in total. The molecule has 1 unspecified atom stereocenters. The van der Waals surface area contributed by atoms with E-state index in [0.717, 1.165) is 11.3 Å². The van der Waals surface area contributed by atoms with Crippen LogP contribution in [0.25, 0.3) is 22.5 Å². The molecule has 3 rings (SSSR count). The maximum Gasteiger partial charge on any atom is 0.249 e. The van der Waals surface area contributed by atoms with Crippen molar-refractivity contribution in [2.75, 3.05) is 14.2 Å². The molecule has 0 saturated heterocycles. The van der Waals surface area contributed by atoms with Crippen LogP contribution in [0.5, 0.6) is 5.75 Å². The fourth-order valence-corrected chi connectivity index (χ4v) is 3.01. The highest BCUT2D eigenvalue weighted by Crippen LogP contribution is 2.34. The van der Waals surface area contributed by atoms with Crippen molar-refractivity contribution < 1.29 is 14.7 Å². The van der Waals surface area contributed by atoms with E-state index in [1.165, 1.54) is 12.2 Å². The predicted molar refractivity (Wildman–Crippen MR) is 107 cm³/mol. The molecule has 8 heteroatoms. The Hall–Kier alpha value is -2.90. The number of carbonyl (C=O) groups is 1. The minimum Gasteiger partial charge on any atom is -0.506 e. The second kappa shape index (κ2) is 8.41. The lowest BCUT2D eigenvalue weighted by Gasteiger charge is -2.17. The highest BCUT2D eigenvalue weighted by molar-refractivity contribution is 6.32. The number of H-pyrrole nitrogens is 1. The van der Waals surface area contributed by atoms with Crippen molar-refractivity contribution in [3.8, 4) is 28.3 Å². The van der Waals surface area contributed by atoms with Gasteiger partial charge in [-0.25, -0.2) is 10.0 Å². The summed E-state index contributed by atoms with van der Waals surface area (Å²) in [6, 6.07) is 8.71. The molecule has 0 bridgehead atoms. The summed E-state index contributed by atoms with van der Waals surface area (Å²) in [4.78, 5) is 29.3. The Morgan fingerprint density at radius 1 is 1.29 bits per heavy atom. The molecule has 0 fully saturated rings. The van der Waals surface area contributed by atoms with Crippen molar-refractivity contribution in [3.05, 3.63) is 53.6 Å². The van der Waals surface area contributed by atoms with E-state index < -0.39 is 0 Å². The summed E-state index contributed by atoms with van der Waals surface area (Å²) in [5.41, 5.74) is 3.04. The van der Waals surface area contributed by atoms with E-state index in [1.807, 2.05) is 19.1 Å². The summed E-state index contributed by atoms with van der Waals surface area (Å²) >= 11 is 5.94. The number of imidazole rings is 1. The number of pyridine rings is 1. The monoisotopic (exact) mass is 400 g/mol. The normalized spacial score (nSPS) is 12.0. The second-order valence-corrected chi connectivity index (χ2v) is 6.84. The zero-order valence-electron chi connectivity index (χ0n) is 15.8. The molecule has 2 N–H and O–H groups in total. The lowest BCUT2D eigenvalue weighted by atomic mass is 10.1. The first-order valence-electron chi connectivity index (χ1n) is 8.70. The number of phenols is 1. The molecule has 1 aromatic carbocycles. The first-order valence-corrected chi connectivity index (χ1v) is 9.08. The van der Waals surface area contributed by atoms with Gasteiger partial charge >= 0.3 is 0 Å². The Morgan fingerprint density at radius 2 is 2.00 bits per heavy atom. The van der Waals surface area contributed by atoms with E-state index in [0.29, 0.717) is 23.5 Å². The van der Waals surface area contributed by atoms with E-state index in [-0.39, 0.29) is 22.6 Å². The topological polar surface area (TPSA) is 91.3 Å². The van der Waals surface area contributed by atoms with E-state index in [1.54, 1.807) is 37.6 Å². The van der Waals surface area contributed by atoms with E-state index in [2.05, 4.69) is 9.97 Å². The first kappa shape index (κ1) is 19.9. The Bertz CT molecular complexity index is 975. The third kappa shape index (κ3) is 4.16. The van der Waals surface area contributed by atoms with Crippen LogP contribution in [0, 0.1) is 5.92 Å². The average molecular weight is 401 g/mol. The van der Waals surface area contributed by atoms with Crippen LogP contribution < -0.4 is 0 Å². The second-order valence-electron chi connectivity index (χ2n) is 6.43. The molecule has 0 radical (unpaired) electrons. The van der Waals surface area contributed by atoms with Gasteiger partial charge < -0.3 is 10.1 Å². The first-order chi connectivity index (χ1) is 13.4. The van der Waals surface area contributed by atoms with Crippen LogP contribution in [0.4, 0.5) is 0 Å². The van der Waals surface area contributed by atoms with Crippen molar-refractivity contribution in [3.63, 3.8) is 0 Å². The minimum atomic E-state index is -0.326. The van der Waals surface area contributed by atoms with Crippen molar-refractivity contribution in [1.82, 2.24) is 20.0 Å². The van der Waals surface area contributed by atoms with Crippen molar-refractivity contribution in [2.45, 2.75) is 13.3 Å². The van der Waals surface area contributed by atoms with Gasteiger partial charge in [0.25, 0.3) is 0 Å². The van der Waals surface area contributed by atoms with Crippen LogP contribution in [0.2, 0.25) is 5.02 Å². The number of amides is 1. The zero-order chi connectivity index (χ0) is 20.3. The van der Waals surface area contributed by atoms with Crippen LogP contribution >= 0.6 is 11.6 Å². The standard InChI is InChI=1S/C20H21ClN4O3/c1-12(20(27)25(2)28-3)10-17-23-18(13-6-8-22-9-7-13)19(24-17)14-4-5-15(21)16(26)11-14/h4-9,11-12,26H,10H2,1-3H3,(H,23,24). The minimum absolute atomic E-state index is 0.0188. The van der Waals surface area contributed by atoms with Crippen LogP contribution in [-0.2, 0) is 16.1 Å². The molecule has 1 atom stereocenters. The molecule has 28 heavy (non-hydrogen) atoms. The number of hydrogen-bond acceptors (Lipinski definition) is 5. The van der Waals surface area contributed by atoms with Crippen molar-refractivity contribution in [1.29, 1.82) is 0 Å². The zero-order valence-corrected chi connectivity index (χ0v) is 16.6. The molecular weight excluding hydrogens is 380 g/mol. The fraction of sp³-hybridized carbons (Fsp3) is 0.250. The summed E-state index contributed by atoms with van der Waals surface area (Å²) in [6.07, 6.45) is 3.79. The molecule has 2 aromatic heterocycles. The van der Waals surface area contributed by atoms with Crippen molar-refractivity contribution in [2.24, 2.45) is 5.92 Å². The Morgan fingerprint density at radius 3 is 2.64 bits per heavy atom. The molecule has 1 amide bonds. The van der Waals surface area contributed by atoms with E-state index in [4.69, 9.17) is 21.4 Å². The van der Waals surface area contributed by atoms with Crippen molar-refractivity contribution >= 4 is 17.5 Å². The van der Waals surface area contributed by atoms with Gasteiger partial charge in [-0.2, -0.15) is 0 Å². The Kier molecular flexibility index (Phi) is 5.96. The highest BCUT2D eigenvalue weighted by Gasteiger charge is 2.22. The molecule has 2 heterocycles. The number of aromatic hydroxyl groups is 1. The molecule has 0 aliphatic carbocycles. The quantitative estimate of drug-likeness (QED) is 0.615. The van der Waals surface area contributed by atoms with Gasteiger partial charge in [-0.1, -0.05) is 24.6 Å². The van der Waals surface area contributed by atoms with Gasteiger partial charge in [-0.3, -0.25) is 14.6 Å². The number of hydroxylamine groups is 2. The summed E-state index contributed by atoms with van der Waals surface area (Å²) in [5, 5.41) is 11.5. The number of nitrogens with one attached hydrogen (secondary N) is 1. The SMILES string of the molecule is CON(C)C(=O)C(C)Cc1nc(-c2ccc(Cl)c(O)c2)c(-c2ccncc2)[nH]1. The van der Waals surface area contributed by atoms with Gasteiger partial charge in [-0.15, -0.1) is 0 Å². The summed E-state index contributed by atoms with van der Waals surface area (Å²) < 4.78 is 0. The molecule has 146 valence electrons. The number of phenolic OH excluding ortho intramolecular Hbond substituents is 1. The molecule has 0 aliphatic heterocycles.